The van der Waals surface area contributed by atoms with Gasteiger partial charge >= 0.3 is 0 Å². The molecule has 0 amide bonds. The molecule has 3 aromatic rings. The molecule has 0 spiro atoms. The summed E-state index contributed by atoms with van der Waals surface area (Å²) in [5.74, 6) is 0.739. The third-order valence-electron chi connectivity index (χ3n) is 4.53. The molecule has 122 valence electrons. The highest BCUT2D eigenvalue weighted by Gasteiger charge is 2.27. The smallest absolute Gasteiger partial charge is 0.166 e. The monoisotopic (exact) mass is 341 g/mol. The zero-order valence-electron chi connectivity index (χ0n) is 13.0. The Morgan fingerprint density at radius 1 is 1.12 bits per heavy atom. The zero-order chi connectivity index (χ0) is 16.5. The molecule has 0 aliphatic carbocycles. The molecule has 3 heterocycles. The van der Waals surface area contributed by atoms with Crippen molar-refractivity contribution >= 4 is 33.2 Å². The number of rotatable bonds is 3. The summed E-state index contributed by atoms with van der Waals surface area (Å²) in [7, 11) is 0. The van der Waals surface area contributed by atoms with Crippen molar-refractivity contribution in [1.82, 2.24) is 9.97 Å². The highest BCUT2D eigenvalue weighted by atomic mass is 32.1. The Hall–Kier alpha value is -2.34. The molecule has 0 bridgehead atoms. The van der Waals surface area contributed by atoms with Gasteiger partial charge in [-0.1, -0.05) is 0 Å². The second-order valence-electron chi connectivity index (χ2n) is 5.97. The normalized spacial score (nSPS) is 15.8. The number of piperidine rings is 1. The highest BCUT2D eigenvalue weighted by molar-refractivity contribution is 7.16. The Morgan fingerprint density at radius 2 is 1.88 bits per heavy atom. The molecule has 1 aromatic carbocycles. The molecule has 1 saturated heterocycles. The van der Waals surface area contributed by atoms with Gasteiger partial charge in [0.15, 0.2) is 5.78 Å². The molecule has 0 N–H and O–H groups in total. The van der Waals surface area contributed by atoms with Crippen molar-refractivity contribution in [2.24, 2.45) is 5.92 Å². The first-order chi connectivity index (χ1) is 11.7. The molecule has 0 radical (unpaired) electrons. The van der Waals surface area contributed by atoms with E-state index in [1.807, 2.05) is 11.4 Å². The largest absolute Gasteiger partial charge is 0.356 e. The number of ketones is 1. The first-order valence-electron chi connectivity index (χ1n) is 7.95. The average molecular weight is 341 g/mol. The summed E-state index contributed by atoms with van der Waals surface area (Å²) in [5.41, 5.74) is 0.595. The van der Waals surface area contributed by atoms with Crippen molar-refractivity contribution < 1.29 is 9.18 Å². The van der Waals surface area contributed by atoms with E-state index in [1.54, 1.807) is 29.8 Å². The fourth-order valence-corrected chi connectivity index (χ4v) is 3.96. The first kappa shape index (κ1) is 15.2. The Kier molecular flexibility index (Phi) is 3.98. The van der Waals surface area contributed by atoms with E-state index in [9.17, 15) is 9.18 Å². The lowest BCUT2D eigenvalue weighted by atomic mass is 9.89. The van der Waals surface area contributed by atoms with Gasteiger partial charge in [-0.2, -0.15) is 0 Å². The number of carbonyl (C=O) groups excluding carboxylic acids is 1. The molecule has 1 fully saturated rings. The number of aromatic nitrogens is 2. The van der Waals surface area contributed by atoms with E-state index in [1.165, 1.54) is 12.1 Å². The zero-order valence-corrected chi connectivity index (χ0v) is 13.8. The number of hydrogen-bond donors (Lipinski definition) is 0. The summed E-state index contributed by atoms with van der Waals surface area (Å²) in [6.45, 7) is 1.58. The van der Waals surface area contributed by atoms with Gasteiger partial charge in [-0.3, -0.25) is 4.79 Å². The fraction of sp³-hybridized carbons (Fsp3) is 0.278. The van der Waals surface area contributed by atoms with Crippen LogP contribution in [0.5, 0.6) is 0 Å². The Bertz CT molecular complexity index is 869. The maximum Gasteiger partial charge on any atom is 0.166 e. The number of fused-ring (bicyclic) bond motifs is 1. The van der Waals surface area contributed by atoms with Crippen LogP contribution in [0.2, 0.25) is 0 Å². The number of benzene rings is 1. The minimum Gasteiger partial charge on any atom is -0.356 e. The summed E-state index contributed by atoms with van der Waals surface area (Å²) in [4.78, 5) is 24.5. The number of hydrogen-bond acceptors (Lipinski definition) is 5. The van der Waals surface area contributed by atoms with E-state index in [0.29, 0.717) is 5.56 Å². The lowest BCUT2D eigenvalue weighted by Crippen LogP contribution is -2.37. The van der Waals surface area contributed by atoms with Crippen molar-refractivity contribution in [3.8, 4) is 0 Å². The SMILES string of the molecule is O=C(c1ccc(F)cc1)C1CCN(c2ncnc3sccc23)CC1. The molecule has 4 nitrogen and oxygen atoms in total. The van der Waals surface area contributed by atoms with Crippen LogP contribution in [0.3, 0.4) is 0 Å². The van der Waals surface area contributed by atoms with E-state index in [0.717, 1.165) is 42.0 Å². The van der Waals surface area contributed by atoms with Crippen LogP contribution in [0.25, 0.3) is 10.2 Å². The molecule has 0 unspecified atom stereocenters. The quantitative estimate of drug-likeness (QED) is 0.677. The van der Waals surface area contributed by atoms with Gasteiger partial charge in [0.2, 0.25) is 0 Å². The van der Waals surface area contributed by atoms with E-state index in [2.05, 4.69) is 14.9 Å². The minimum absolute atomic E-state index is 0.00786. The van der Waals surface area contributed by atoms with E-state index < -0.39 is 0 Å². The Balaban J connectivity index is 1.48. The van der Waals surface area contributed by atoms with Crippen molar-refractivity contribution in [2.45, 2.75) is 12.8 Å². The van der Waals surface area contributed by atoms with Gasteiger partial charge in [0, 0.05) is 24.6 Å². The van der Waals surface area contributed by atoms with Crippen LogP contribution >= 0.6 is 11.3 Å². The number of anilines is 1. The van der Waals surface area contributed by atoms with Crippen LogP contribution in [0.1, 0.15) is 23.2 Å². The summed E-state index contributed by atoms with van der Waals surface area (Å²) >= 11 is 1.61. The predicted molar refractivity (Wildman–Crippen MR) is 93.1 cm³/mol. The number of halogens is 1. The second kappa shape index (κ2) is 6.28. The predicted octanol–water partition coefficient (Wildman–Crippen LogP) is 3.93. The van der Waals surface area contributed by atoms with Gasteiger partial charge in [-0.05, 0) is 48.6 Å². The third kappa shape index (κ3) is 2.78. The van der Waals surface area contributed by atoms with Crippen molar-refractivity contribution in [3.63, 3.8) is 0 Å². The summed E-state index contributed by atoms with van der Waals surface area (Å²) in [6, 6.07) is 7.88. The van der Waals surface area contributed by atoms with E-state index >= 15 is 0 Å². The maximum atomic E-state index is 13.0. The van der Waals surface area contributed by atoms with Gasteiger partial charge in [-0.25, -0.2) is 14.4 Å². The number of thiophene rings is 1. The molecule has 1 aliphatic rings. The average Bonchev–Trinajstić information content (AvgIpc) is 3.11. The molecular formula is C18H16FN3OS. The van der Waals surface area contributed by atoms with Crippen LogP contribution in [-0.2, 0) is 0 Å². The standard InChI is InChI=1S/C18H16FN3OS/c19-14-3-1-12(2-4-14)16(23)13-5-8-22(9-6-13)17-15-7-10-24-18(15)21-11-20-17/h1-4,7,10-11,13H,5-6,8-9H2. The fourth-order valence-electron chi connectivity index (χ4n) is 3.23. The van der Waals surface area contributed by atoms with Gasteiger partial charge < -0.3 is 4.90 Å². The second-order valence-corrected chi connectivity index (χ2v) is 6.86. The van der Waals surface area contributed by atoms with Crippen molar-refractivity contribution in [3.05, 3.63) is 53.4 Å². The van der Waals surface area contributed by atoms with Gasteiger partial charge in [0.1, 0.15) is 22.8 Å². The molecule has 0 atom stereocenters. The highest BCUT2D eigenvalue weighted by Crippen LogP contribution is 2.30. The number of nitrogens with zero attached hydrogens (tertiary/aromatic N) is 3. The van der Waals surface area contributed by atoms with Crippen molar-refractivity contribution in [1.29, 1.82) is 0 Å². The Labute approximate surface area is 143 Å². The van der Waals surface area contributed by atoms with E-state index in [-0.39, 0.29) is 17.5 Å². The third-order valence-corrected chi connectivity index (χ3v) is 5.36. The molecule has 6 heteroatoms. The minimum atomic E-state index is -0.315. The topological polar surface area (TPSA) is 46.1 Å². The van der Waals surface area contributed by atoms with Crippen LogP contribution in [-0.4, -0.2) is 28.8 Å². The van der Waals surface area contributed by atoms with Crippen LogP contribution in [0.4, 0.5) is 10.2 Å². The van der Waals surface area contributed by atoms with Gasteiger partial charge in [0.05, 0.1) is 5.39 Å². The van der Waals surface area contributed by atoms with Crippen LogP contribution in [0.15, 0.2) is 42.0 Å². The van der Waals surface area contributed by atoms with E-state index in [4.69, 9.17) is 0 Å². The number of carbonyl (C=O) groups is 1. The molecule has 24 heavy (non-hydrogen) atoms. The molecule has 0 saturated carbocycles. The Morgan fingerprint density at radius 3 is 2.62 bits per heavy atom. The summed E-state index contributed by atoms with van der Waals surface area (Å²) in [6.07, 6.45) is 3.17. The molecule has 1 aliphatic heterocycles. The van der Waals surface area contributed by atoms with Crippen LogP contribution < -0.4 is 4.90 Å². The number of Topliss-reactive ketones (excluding diaryl/α,β-unsaturated/α-hetero) is 1. The van der Waals surface area contributed by atoms with Gasteiger partial charge in [0.25, 0.3) is 0 Å². The lowest BCUT2D eigenvalue weighted by molar-refractivity contribution is 0.0900. The molecule has 4 rings (SSSR count). The van der Waals surface area contributed by atoms with Gasteiger partial charge in [-0.15, -0.1) is 11.3 Å². The van der Waals surface area contributed by atoms with Crippen LogP contribution in [0, 0.1) is 11.7 Å². The molecule has 2 aromatic heterocycles. The summed E-state index contributed by atoms with van der Waals surface area (Å²) < 4.78 is 13.0. The maximum absolute atomic E-state index is 13.0. The first-order valence-corrected chi connectivity index (χ1v) is 8.83. The lowest BCUT2D eigenvalue weighted by Gasteiger charge is -2.32. The van der Waals surface area contributed by atoms with Crippen molar-refractivity contribution in [2.75, 3.05) is 18.0 Å². The molecular weight excluding hydrogens is 325 g/mol. The summed E-state index contributed by atoms with van der Waals surface area (Å²) in [5, 5.41) is 3.10.